The Morgan fingerprint density at radius 3 is 2.82 bits per heavy atom. The number of benzene rings is 1. The molecule has 8 heteroatoms. The first-order valence-electron chi connectivity index (χ1n) is 9.03. The summed E-state index contributed by atoms with van der Waals surface area (Å²) in [4.78, 5) is 33.8. The van der Waals surface area contributed by atoms with Gasteiger partial charge in [0, 0.05) is 31.9 Å². The van der Waals surface area contributed by atoms with Crippen molar-refractivity contribution in [2.75, 3.05) is 31.1 Å². The molecule has 28 heavy (non-hydrogen) atoms. The van der Waals surface area contributed by atoms with E-state index in [0.717, 1.165) is 43.1 Å². The summed E-state index contributed by atoms with van der Waals surface area (Å²) >= 11 is 1.03. The molecule has 1 saturated heterocycles. The number of anilines is 1. The predicted molar refractivity (Wildman–Crippen MR) is 112 cm³/mol. The number of carboxylic acids is 1. The Hall–Kier alpha value is -2.97. The number of hydrogen-bond donors (Lipinski definition) is 3. The number of piperazine rings is 1. The molecule has 2 aromatic heterocycles. The molecule has 7 nitrogen and oxygen atoms in total. The summed E-state index contributed by atoms with van der Waals surface area (Å²) in [6.45, 7) is 5.54. The van der Waals surface area contributed by atoms with Gasteiger partial charge in [-0.1, -0.05) is 18.2 Å². The topological polar surface area (TPSA) is 98.3 Å². The number of H-pyrrole nitrogens is 1. The molecule has 1 aliphatic rings. The molecule has 1 fully saturated rings. The van der Waals surface area contributed by atoms with Crippen molar-refractivity contribution >= 4 is 45.4 Å². The zero-order chi connectivity index (χ0) is 19.7. The van der Waals surface area contributed by atoms with Gasteiger partial charge in [-0.25, -0.2) is 9.78 Å². The van der Waals surface area contributed by atoms with Crippen molar-refractivity contribution in [3.63, 3.8) is 0 Å². The summed E-state index contributed by atoms with van der Waals surface area (Å²) in [6, 6.07) is 8.21. The van der Waals surface area contributed by atoms with Crippen LogP contribution in [0.3, 0.4) is 0 Å². The zero-order valence-corrected chi connectivity index (χ0v) is 16.2. The number of rotatable bonds is 4. The van der Waals surface area contributed by atoms with E-state index in [0.29, 0.717) is 21.6 Å². The van der Waals surface area contributed by atoms with Crippen LogP contribution in [0.5, 0.6) is 0 Å². The molecule has 3 aromatic rings. The molecule has 0 unspecified atom stereocenters. The fraction of sp³-hybridized carbons (Fsp3) is 0.250. The van der Waals surface area contributed by atoms with Crippen LogP contribution in [0, 0.1) is 6.92 Å². The molecule has 4 rings (SSSR count). The third kappa shape index (κ3) is 3.56. The van der Waals surface area contributed by atoms with Gasteiger partial charge in [-0.05, 0) is 36.3 Å². The first-order valence-corrected chi connectivity index (χ1v) is 9.85. The van der Waals surface area contributed by atoms with Gasteiger partial charge in [-0.3, -0.25) is 4.79 Å². The molecule has 1 aromatic carbocycles. The van der Waals surface area contributed by atoms with E-state index < -0.39 is 5.97 Å². The molecule has 0 bridgehead atoms. The summed E-state index contributed by atoms with van der Waals surface area (Å²) in [5.74, 6) is -0.634. The first-order chi connectivity index (χ1) is 13.5. The van der Waals surface area contributed by atoms with Crippen molar-refractivity contribution in [1.29, 1.82) is 0 Å². The predicted octanol–water partition coefficient (Wildman–Crippen LogP) is 2.57. The molecule has 0 aliphatic carbocycles. The summed E-state index contributed by atoms with van der Waals surface area (Å²) in [5, 5.41) is 13.0. The van der Waals surface area contributed by atoms with E-state index in [4.69, 9.17) is 0 Å². The molecular weight excluding hydrogens is 376 g/mol. The van der Waals surface area contributed by atoms with E-state index in [9.17, 15) is 14.7 Å². The molecule has 144 valence electrons. The second-order valence-corrected chi connectivity index (χ2v) is 7.66. The molecular formula is C20H20N4O3S. The summed E-state index contributed by atoms with van der Waals surface area (Å²) in [6.07, 6.45) is 3.64. The Kier molecular flexibility index (Phi) is 4.97. The van der Waals surface area contributed by atoms with Crippen molar-refractivity contribution in [3.8, 4) is 0 Å². The lowest BCUT2D eigenvalue weighted by Crippen LogP contribution is -2.43. The van der Waals surface area contributed by atoms with Gasteiger partial charge < -0.3 is 20.3 Å². The van der Waals surface area contributed by atoms with Crippen LogP contribution >= 0.6 is 11.3 Å². The summed E-state index contributed by atoms with van der Waals surface area (Å²) < 4.78 is 0. The zero-order valence-electron chi connectivity index (χ0n) is 15.4. The van der Waals surface area contributed by atoms with Crippen molar-refractivity contribution in [3.05, 3.63) is 56.4 Å². The average Bonchev–Trinajstić information content (AvgIpc) is 3.04. The fourth-order valence-electron chi connectivity index (χ4n) is 3.37. The average molecular weight is 396 g/mol. The van der Waals surface area contributed by atoms with E-state index in [-0.39, 0.29) is 10.4 Å². The van der Waals surface area contributed by atoms with Crippen LogP contribution in [0.1, 0.15) is 26.6 Å². The Morgan fingerprint density at radius 2 is 2.07 bits per heavy atom. The smallest absolute Gasteiger partial charge is 0.346 e. The maximum atomic E-state index is 12.4. The number of aromatic carboxylic acids is 1. The first kappa shape index (κ1) is 18.4. The van der Waals surface area contributed by atoms with Crippen LogP contribution in [0.2, 0.25) is 0 Å². The number of nitrogens with zero attached hydrogens (tertiary/aromatic N) is 2. The highest BCUT2D eigenvalue weighted by Gasteiger charge is 2.18. The normalized spacial score (nSPS) is 14.8. The van der Waals surface area contributed by atoms with Gasteiger partial charge >= 0.3 is 5.97 Å². The van der Waals surface area contributed by atoms with Gasteiger partial charge in [0.05, 0.1) is 5.39 Å². The maximum absolute atomic E-state index is 12.4. The number of hydrogen-bond acceptors (Lipinski definition) is 6. The lowest BCUT2D eigenvalue weighted by atomic mass is 10.1. The quantitative estimate of drug-likeness (QED) is 0.627. The van der Waals surface area contributed by atoms with Crippen LogP contribution in [-0.2, 0) is 0 Å². The third-order valence-corrected chi connectivity index (χ3v) is 5.97. The van der Waals surface area contributed by atoms with Gasteiger partial charge in [0.1, 0.15) is 15.5 Å². The molecule has 1 aliphatic heterocycles. The number of aryl methyl sites for hydroxylation is 1. The second kappa shape index (κ2) is 7.57. The Morgan fingerprint density at radius 1 is 1.29 bits per heavy atom. The molecule has 0 spiro atoms. The molecule has 3 heterocycles. The number of carbonyl (C=O) groups is 1. The van der Waals surface area contributed by atoms with Crippen LogP contribution in [0.15, 0.2) is 29.1 Å². The molecule has 0 atom stereocenters. The van der Waals surface area contributed by atoms with Crippen molar-refractivity contribution in [2.24, 2.45) is 0 Å². The number of aromatic amines is 1. The van der Waals surface area contributed by atoms with E-state index in [2.05, 4.69) is 32.3 Å². The van der Waals surface area contributed by atoms with E-state index in [1.54, 1.807) is 13.0 Å². The minimum Gasteiger partial charge on any atom is -0.477 e. The molecule has 0 radical (unpaired) electrons. The number of nitrogens with one attached hydrogen (secondary N) is 2. The van der Waals surface area contributed by atoms with Gasteiger partial charge in [-0.15, -0.1) is 11.3 Å². The van der Waals surface area contributed by atoms with Gasteiger partial charge in [-0.2, -0.15) is 0 Å². The highest BCUT2D eigenvalue weighted by molar-refractivity contribution is 7.20. The number of aromatic nitrogens is 2. The molecule has 3 N–H and O–H groups in total. The minimum absolute atomic E-state index is 0.151. The highest BCUT2D eigenvalue weighted by atomic mass is 32.1. The van der Waals surface area contributed by atoms with Gasteiger partial charge in [0.25, 0.3) is 5.56 Å². The standard InChI is InChI=1S/C20H20N4O3S/c1-12-16-18(25)22-15(23-19(16)28-17(12)20(26)27)6-5-13-3-2-4-14(11-13)24-9-7-21-8-10-24/h2-6,11,21H,7-10H2,1H3,(H,26,27)(H,22,23,25)/b6-5+. The van der Waals surface area contributed by atoms with Crippen LogP contribution in [0.25, 0.3) is 22.4 Å². The second-order valence-electron chi connectivity index (χ2n) is 6.66. The maximum Gasteiger partial charge on any atom is 0.346 e. The van der Waals surface area contributed by atoms with Crippen molar-refractivity contribution in [1.82, 2.24) is 15.3 Å². The minimum atomic E-state index is -1.04. The largest absolute Gasteiger partial charge is 0.477 e. The molecule has 0 saturated carbocycles. The fourth-order valence-corrected chi connectivity index (χ4v) is 4.39. The van der Waals surface area contributed by atoms with Crippen molar-refractivity contribution in [2.45, 2.75) is 6.92 Å². The summed E-state index contributed by atoms with van der Waals surface area (Å²) in [7, 11) is 0. The molecule has 0 amide bonds. The van der Waals surface area contributed by atoms with Crippen LogP contribution in [0.4, 0.5) is 5.69 Å². The SMILES string of the molecule is Cc1c(C(=O)O)sc2nc(/C=C/c3cccc(N4CCNCC4)c3)[nH]c(=O)c12. The van der Waals surface area contributed by atoms with Gasteiger partial charge in [0.2, 0.25) is 0 Å². The Balaban J connectivity index is 1.64. The van der Waals surface area contributed by atoms with Gasteiger partial charge in [0.15, 0.2) is 0 Å². The number of fused-ring (bicyclic) bond motifs is 1. The lowest BCUT2D eigenvalue weighted by molar-refractivity contribution is 0.0701. The lowest BCUT2D eigenvalue weighted by Gasteiger charge is -2.29. The summed E-state index contributed by atoms with van der Waals surface area (Å²) in [5.41, 5.74) is 2.31. The van der Waals surface area contributed by atoms with Crippen LogP contribution < -0.4 is 15.8 Å². The van der Waals surface area contributed by atoms with E-state index >= 15 is 0 Å². The van der Waals surface area contributed by atoms with E-state index in [1.165, 1.54) is 5.69 Å². The third-order valence-electron chi connectivity index (χ3n) is 4.80. The Labute approximate surface area is 165 Å². The highest BCUT2D eigenvalue weighted by Crippen LogP contribution is 2.27. The monoisotopic (exact) mass is 396 g/mol. The van der Waals surface area contributed by atoms with Crippen molar-refractivity contribution < 1.29 is 9.90 Å². The number of thiophene rings is 1. The van der Waals surface area contributed by atoms with Crippen LogP contribution in [-0.4, -0.2) is 47.2 Å². The number of carboxylic acid groups (broad SMARTS) is 1. The Bertz CT molecular complexity index is 1130. The van der Waals surface area contributed by atoms with E-state index in [1.807, 2.05) is 18.2 Å².